The number of nitrogens with one attached hydrogen (secondary N) is 1. The highest BCUT2D eigenvalue weighted by Crippen LogP contribution is 2.33. The van der Waals surface area contributed by atoms with Gasteiger partial charge >= 0.3 is 0 Å². The lowest BCUT2D eigenvalue weighted by molar-refractivity contribution is -0.123. The highest BCUT2D eigenvalue weighted by Gasteiger charge is 2.09. The summed E-state index contributed by atoms with van der Waals surface area (Å²) in [5.74, 6) is -0.162. The first-order valence-electron chi connectivity index (χ1n) is 6.30. The third kappa shape index (κ3) is 5.70. The Bertz CT molecular complexity index is 753. The minimum atomic E-state index is -0.432. The van der Waals surface area contributed by atoms with E-state index in [2.05, 4.69) is 26.5 Å². The summed E-state index contributed by atoms with van der Waals surface area (Å²) in [6.07, 6.45) is 1.52. The fourth-order valence-electron chi connectivity index (χ4n) is 1.56. The molecule has 0 saturated heterocycles. The Morgan fingerprint density at radius 3 is 2.65 bits per heavy atom. The lowest BCUT2D eigenvalue weighted by Gasteiger charge is -2.08. The zero-order valence-electron chi connectivity index (χ0n) is 11.5. The van der Waals surface area contributed by atoms with E-state index < -0.39 is 5.91 Å². The SMILES string of the molecule is O=C(COc1cc(Cl)c(Cl)cc1Cl)N/N=C/c1cccc(Br)c1. The van der Waals surface area contributed by atoms with Crippen molar-refractivity contribution < 1.29 is 9.53 Å². The van der Waals surface area contributed by atoms with Crippen molar-refractivity contribution in [2.45, 2.75) is 0 Å². The van der Waals surface area contributed by atoms with Gasteiger partial charge in [0, 0.05) is 10.5 Å². The molecule has 0 bridgehead atoms. The van der Waals surface area contributed by atoms with Crippen molar-refractivity contribution in [1.29, 1.82) is 0 Å². The number of hydrazone groups is 1. The molecule has 0 aliphatic heterocycles. The zero-order valence-corrected chi connectivity index (χ0v) is 15.4. The zero-order chi connectivity index (χ0) is 16.8. The summed E-state index contributed by atoms with van der Waals surface area (Å²) in [6, 6.07) is 10.4. The van der Waals surface area contributed by atoms with Crippen LogP contribution in [0.4, 0.5) is 0 Å². The average molecular weight is 437 g/mol. The largest absolute Gasteiger partial charge is 0.482 e. The first-order chi connectivity index (χ1) is 11.0. The summed E-state index contributed by atoms with van der Waals surface area (Å²) in [6.45, 7) is -0.256. The minimum absolute atomic E-state index is 0.256. The Hall–Kier alpha value is -1.27. The van der Waals surface area contributed by atoms with Gasteiger partial charge in [-0.25, -0.2) is 5.43 Å². The number of amides is 1. The second-order valence-corrected chi connectivity index (χ2v) is 6.47. The maximum absolute atomic E-state index is 11.7. The number of ether oxygens (including phenoxy) is 1. The molecule has 0 saturated carbocycles. The maximum atomic E-state index is 11.7. The first-order valence-corrected chi connectivity index (χ1v) is 8.23. The molecule has 0 heterocycles. The number of nitrogens with zero attached hydrogens (tertiary/aromatic N) is 1. The fraction of sp³-hybridized carbons (Fsp3) is 0.0667. The summed E-state index contributed by atoms with van der Waals surface area (Å²) < 4.78 is 6.21. The van der Waals surface area contributed by atoms with E-state index in [1.807, 2.05) is 24.3 Å². The van der Waals surface area contributed by atoms with Crippen LogP contribution in [0.2, 0.25) is 15.1 Å². The fourth-order valence-corrected chi connectivity index (χ4v) is 2.56. The summed E-state index contributed by atoms with van der Waals surface area (Å²) in [5, 5.41) is 4.71. The molecule has 2 aromatic carbocycles. The van der Waals surface area contributed by atoms with Crippen molar-refractivity contribution in [3.05, 3.63) is 61.5 Å². The van der Waals surface area contributed by atoms with E-state index in [4.69, 9.17) is 39.5 Å². The highest BCUT2D eigenvalue weighted by molar-refractivity contribution is 9.10. The molecule has 23 heavy (non-hydrogen) atoms. The van der Waals surface area contributed by atoms with Gasteiger partial charge in [0.15, 0.2) is 6.61 Å². The van der Waals surface area contributed by atoms with Crippen molar-refractivity contribution in [3.63, 3.8) is 0 Å². The molecule has 0 aliphatic rings. The van der Waals surface area contributed by atoms with E-state index in [1.165, 1.54) is 18.3 Å². The number of hydrogen-bond donors (Lipinski definition) is 1. The summed E-state index contributed by atoms with van der Waals surface area (Å²) in [4.78, 5) is 11.7. The van der Waals surface area contributed by atoms with Gasteiger partial charge in [-0.2, -0.15) is 5.10 Å². The van der Waals surface area contributed by atoms with Crippen LogP contribution < -0.4 is 10.2 Å². The predicted octanol–water partition coefficient (Wildman–Crippen LogP) is 4.94. The van der Waals surface area contributed by atoms with Gasteiger partial charge in [0.05, 0.1) is 21.3 Å². The van der Waals surface area contributed by atoms with E-state index in [1.54, 1.807) is 0 Å². The molecule has 0 aliphatic carbocycles. The first kappa shape index (κ1) is 18.1. The summed E-state index contributed by atoms with van der Waals surface area (Å²) in [5.41, 5.74) is 3.20. The van der Waals surface area contributed by atoms with E-state index in [0.29, 0.717) is 10.0 Å². The van der Waals surface area contributed by atoms with Gasteiger partial charge in [0.25, 0.3) is 5.91 Å². The van der Waals surface area contributed by atoms with Gasteiger partial charge in [0.1, 0.15) is 5.75 Å². The van der Waals surface area contributed by atoms with E-state index >= 15 is 0 Å². The number of rotatable bonds is 5. The standard InChI is InChI=1S/C15H10BrCl3N2O2/c16-10-3-1-2-9(4-10)7-20-21-15(22)8-23-14-6-12(18)11(17)5-13(14)19/h1-7H,8H2,(H,21,22)/b20-7+. The molecule has 2 rings (SSSR count). The Morgan fingerprint density at radius 2 is 1.91 bits per heavy atom. The molecule has 0 aromatic heterocycles. The van der Waals surface area contributed by atoms with E-state index in [0.717, 1.165) is 10.0 Å². The molecule has 2 aromatic rings. The van der Waals surface area contributed by atoms with Crippen molar-refractivity contribution >= 4 is 62.9 Å². The number of hydrogen-bond acceptors (Lipinski definition) is 3. The smallest absolute Gasteiger partial charge is 0.277 e. The highest BCUT2D eigenvalue weighted by atomic mass is 79.9. The Balaban J connectivity index is 1.87. The molecule has 0 atom stereocenters. The Morgan fingerprint density at radius 1 is 1.17 bits per heavy atom. The third-order valence-electron chi connectivity index (χ3n) is 2.59. The summed E-state index contributed by atoms with van der Waals surface area (Å²) >= 11 is 21.0. The number of carbonyl (C=O) groups is 1. The average Bonchev–Trinajstić information content (AvgIpc) is 2.50. The predicted molar refractivity (Wildman–Crippen MR) is 96.8 cm³/mol. The van der Waals surface area contributed by atoms with Crippen LogP contribution in [0.15, 0.2) is 46.0 Å². The van der Waals surface area contributed by atoms with Crippen molar-refractivity contribution in [3.8, 4) is 5.75 Å². The molecule has 0 fully saturated rings. The molecule has 120 valence electrons. The van der Waals surface area contributed by atoms with Crippen LogP contribution in [0.25, 0.3) is 0 Å². The molecule has 1 amide bonds. The van der Waals surface area contributed by atoms with Gasteiger partial charge in [-0.1, -0.05) is 62.9 Å². The van der Waals surface area contributed by atoms with Gasteiger partial charge in [0.2, 0.25) is 0 Å². The molecule has 0 unspecified atom stereocenters. The lowest BCUT2D eigenvalue weighted by atomic mass is 10.2. The second-order valence-electron chi connectivity index (χ2n) is 4.33. The van der Waals surface area contributed by atoms with Gasteiger partial charge in [-0.3, -0.25) is 4.79 Å². The second kappa shape index (κ2) is 8.55. The van der Waals surface area contributed by atoms with Crippen LogP contribution in [-0.2, 0) is 4.79 Å². The normalized spacial score (nSPS) is 10.8. The van der Waals surface area contributed by atoms with Crippen molar-refractivity contribution in [2.75, 3.05) is 6.61 Å². The van der Waals surface area contributed by atoms with Crippen molar-refractivity contribution in [2.24, 2.45) is 5.10 Å². The molecular formula is C15H10BrCl3N2O2. The number of halogens is 4. The Labute approximate surface area is 156 Å². The van der Waals surface area contributed by atoms with Gasteiger partial charge in [-0.05, 0) is 23.8 Å². The monoisotopic (exact) mass is 434 g/mol. The van der Waals surface area contributed by atoms with Gasteiger partial charge in [-0.15, -0.1) is 0 Å². The summed E-state index contributed by atoms with van der Waals surface area (Å²) in [7, 11) is 0. The van der Waals surface area contributed by atoms with E-state index in [9.17, 15) is 4.79 Å². The van der Waals surface area contributed by atoms with Crippen LogP contribution >= 0.6 is 50.7 Å². The number of carbonyl (C=O) groups excluding carboxylic acids is 1. The lowest BCUT2D eigenvalue weighted by Crippen LogP contribution is -2.24. The van der Waals surface area contributed by atoms with Crippen LogP contribution in [0.5, 0.6) is 5.75 Å². The van der Waals surface area contributed by atoms with Crippen LogP contribution in [0.3, 0.4) is 0 Å². The number of benzene rings is 2. The maximum Gasteiger partial charge on any atom is 0.277 e. The van der Waals surface area contributed by atoms with Gasteiger partial charge < -0.3 is 4.74 Å². The van der Waals surface area contributed by atoms with E-state index in [-0.39, 0.29) is 17.4 Å². The molecule has 0 spiro atoms. The molecule has 4 nitrogen and oxygen atoms in total. The molecule has 1 N–H and O–H groups in total. The Kier molecular flexibility index (Phi) is 6.72. The minimum Gasteiger partial charge on any atom is -0.482 e. The quantitative estimate of drug-likeness (QED) is 0.410. The van der Waals surface area contributed by atoms with Crippen molar-refractivity contribution in [1.82, 2.24) is 5.43 Å². The van der Waals surface area contributed by atoms with Crippen LogP contribution in [-0.4, -0.2) is 18.7 Å². The molecular weight excluding hydrogens is 426 g/mol. The molecule has 0 radical (unpaired) electrons. The molecule has 8 heteroatoms. The van der Waals surface area contributed by atoms with Crippen LogP contribution in [0, 0.1) is 0 Å². The third-order valence-corrected chi connectivity index (χ3v) is 4.10. The topological polar surface area (TPSA) is 50.7 Å². The van der Waals surface area contributed by atoms with Crippen LogP contribution in [0.1, 0.15) is 5.56 Å².